The van der Waals surface area contributed by atoms with Crippen molar-refractivity contribution in [3.05, 3.63) is 23.8 Å². The molecule has 1 aliphatic rings. The minimum Gasteiger partial charge on any atom is -0.400 e. The monoisotopic (exact) mass is 140 g/mol. The maximum Gasteiger partial charge on any atom is 0.149 e. The highest BCUT2D eigenvalue weighted by molar-refractivity contribution is 5.77. The Morgan fingerprint density at radius 1 is 1.50 bits per heavy atom. The van der Waals surface area contributed by atoms with E-state index in [0.29, 0.717) is 0 Å². The van der Waals surface area contributed by atoms with E-state index >= 15 is 0 Å². The number of carbonyl (C=O) groups is 1. The summed E-state index contributed by atoms with van der Waals surface area (Å²) in [5.41, 5.74) is 0.816. The zero-order valence-corrected chi connectivity index (χ0v) is 6.08. The van der Waals surface area contributed by atoms with E-state index in [1.807, 2.05) is 18.2 Å². The number of hydrogen-bond donors (Lipinski definition) is 1. The van der Waals surface area contributed by atoms with E-state index in [1.54, 1.807) is 0 Å². The molecule has 0 aromatic carbocycles. The van der Waals surface area contributed by atoms with Gasteiger partial charge < -0.3 is 5.11 Å². The Bertz CT molecular complexity index is 145. The third kappa shape index (κ3) is 3.20. The Kier molecular flexibility index (Phi) is 5.68. The van der Waals surface area contributed by atoms with Crippen LogP contribution in [0.5, 0.6) is 0 Å². The summed E-state index contributed by atoms with van der Waals surface area (Å²) in [7, 11) is 1.00. The lowest BCUT2D eigenvalue weighted by Gasteiger charge is -1.95. The molecular formula is C8H12O2. The summed E-state index contributed by atoms with van der Waals surface area (Å²) in [5, 5.41) is 7.00. The van der Waals surface area contributed by atoms with Crippen molar-refractivity contribution in [1.29, 1.82) is 0 Å². The van der Waals surface area contributed by atoms with Gasteiger partial charge in [-0.1, -0.05) is 18.2 Å². The van der Waals surface area contributed by atoms with Crippen molar-refractivity contribution in [3.8, 4) is 0 Å². The maximum absolute atomic E-state index is 10.0. The molecule has 0 aromatic rings. The summed E-state index contributed by atoms with van der Waals surface area (Å²) >= 11 is 0. The number of hydrogen-bond acceptors (Lipinski definition) is 2. The van der Waals surface area contributed by atoms with Gasteiger partial charge in [0.15, 0.2) is 0 Å². The molecule has 2 heteroatoms. The normalized spacial score (nSPS) is 14.8. The first kappa shape index (κ1) is 9.11. The van der Waals surface area contributed by atoms with Crippen LogP contribution < -0.4 is 0 Å². The Labute approximate surface area is 60.9 Å². The number of aldehydes is 1. The molecule has 2 nitrogen and oxygen atoms in total. The van der Waals surface area contributed by atoms with Gasteiger partial charge in [0.05, 0.1) is 0 Å². The van der Waals surface area contributed by atoms with Crippen LogP contribution >= 0.6 is 0 Å². The molecule has 0 radical (unpaired) electrons. The van der Waals surface area contributed by atoms with Gasteiger partial charge in [-0.05, 0) is 12.8 Å². The Morgan fingerprint density at radius 3 is 2.50 bits per heavy atom. The van der Waals surface area contributed by atoms with Crippen LogP contribution in [0.1, 0.15) is 12.8 Å². The number of aliphatic hydroxyl groups is 1. The first-order valence-electron chi connectivity index (χ1n) is 3.20. The highest BCUT2D eigenvalue weighted by atomic mass is 16.2. The van der Waals surface area contributed by atoms with Crippen LogP contribution in [0, 0.1) is 0 Å². The van der Waals surface area contributed by atoms with E-state index in [1.165, 1.54) is 0 Å². The lowest BCUT2D eigenvalue weighted by atomic mass is 10.1. The van der Waals surface area contributed by atoms with Gasteiger partial charge in [-0.3, -0.25) is 4.79 Å². The van der Waals surface area contributed by atoms with E-state index in [0.717, 1.165) is 31.8 Å². The van der Waals surface area contributed by atoms with Crippen LogP contribution in [0.3, 0.4) is 0 Å². The quantitative estimate of drug-likeness (QED) is 0.553. The second-order valence-electron chi connectivity index (χ2n) is 1.80. The van der Waals surface area contributed by atoms with E-state index < -0.39 is 0 Å². The van der Waals surface area contributed by atoms with E-state index in [4.69, 9.17) is 5.11 Å². The first-order chi connectivity index (χ1) is 4.93. The van der Waals surface area contributed by atoms with Crippen LogP contribution in [0.25, 0.3) is 0 Å². The van der Waals surface area contributed by atoms with E-state index in [9.17, 15) is 4.79 Å². The fourth-order valence-electron chi connectivity index (χ4n) is 0.721. The van der Waals surface area contributed by atoms with Gasteiger partial charge >= 0.3 is 0 Å². The van der Waals surface area contributed by atoms with Crippen molar-refractivity contribution in [2.75, 3.05) is 7.11 Å². The van der Waals surface area contributed by atoms with Crippen molar-refractivity contribution >= 4 is 6.29 Å². The van der Waals surface area contributed by atoms with Crippen molar-refractivity contribution in [3.63, 3.8) is 0 Å². The molecule has 0 fully saturated rings. The molecule has 0 unspecified atom stereocenters. The molecule has 1 N–H and O–H groups in total. The fourth-order valence-corrected chi connectivity index (χ4v) is 0.721. The predicted octanol–water partition coefficient (Wildman–Crippen LogP) is 1.07. The molecule has 0 saturated heterocycles. The van der Waals surface area contributed by atoms with Gasteiger partial charge in [-0.2, -0.15) is 0 Å². The molecule has 0 heterocycles. The topological polar surface area (TPSA) is 37.3 Å². The molecule has 1 rings (SSSR count). The third-order valence-electron chi connectivity index (χ3n) is 1.16. The summed E-state index contributed by atoms with van der Waals surface area (Å²) in [6.07, 6.45) is 8.81. The van der Waals surface area contributed by atoms with E-state index in [2.05, 4.69) is 0 Å². The molecule has 0 atom stereocenters. The van der Waals surface area contributed by atoms with Gasteiger partial charge in [-0.25, -0.2) is 0 Å². The zero-order chi connectivity index (χ0) is 7.82. The summed E-state index contributed by atoms with van der Waals surface area (Å²) in [5.74, 6) is 0. The van der Waals surface area contributed by atoms with Crippen LogP contribution in [-0.4, -0.2) is 18.5 Å². The summed E-state index contributed by atoms with van der Waals surface area (Å²) in [6, 6.07) is 0. The molecule has 0 aromatic heterocycles. The average Bonchev–Trinajstić information content (AvgIpc) is 2.10. The second-order valence-corrected chi connectivity index (χ2v) is 1.80. The van der Waals surface area contributed by atoms with Gasteiger partial charge in [0, 0.05) is 12.7 Å². The molecule has 56 valence electrons. The van der Waals surface area contributed by atoms with Crippen molar-refractivity contribution in [2.24, 2.45) is 0 Å². The summed E-state index contributed by atoms with van der Waals surface area (Å²) in [4.78, 5) is 10.0. The highest BCUT2D eigenvalue weighted by Crippen LogP contribution is 2.05. The standard InChI is InChI=1S/C7H8O.CH4O/c8-6-7-4-2-1-3-5-7;1-2/h2,4-6H,1,3H2;2H,1H3. The van der Waals surface area contributed by atoms with Crippen LogP contribution in [-0.2, 0) is 4.79 Å². The number of aliphatic hydroxyl groups excluding tert-OH is 1. The molecule has 10 heavy (non-hydrogen) atoms. The van der Waals surface area contributed by atoms with Crippen LogP contribution in [0.2, 0.25) is 0 Å². The predicted molar refractivity (Wildman–Crippen MR) is 40.7 cm³/mol. The molecular weight excluding hydrogens is 128 g/mol. The zero-order valence-electron chi connectivity index (χ0n) is 6.08. The lowest BCUT2D eigenvalue weighted by Crippen LogP contribution is -1.83. The fraction of sp³-hybridized carbons (Fsp3) is 0.375. The molecule has 0 spiro atoms. The van der Waals surface area contributed by atoms with Crippen LogP contribution in [0.4, 0.5) is 0 Å². The van der Waals surface area contributed by atoms with Crippen molar-refractivity contribution in [1.82, 2.24) is 0 Å². The van der Waals surface area contributed by atoms with Gasteiger partial charge in [0.25, 0.3) is 0 Å². The number of carbonyl (C=O) groups excluding carboxylic acids is 1. The highest BCUT2D eigenvalue weighted by Gasteiger charge is 1.91. The third-order valence-corrected chi connectivity index (χ3v) is 1.16. The van der Waals surface area contributed by atoms with Crippen molar-refractivity contribution in [2.45, 2.75) is 12.8 Å². The summed E-state index contributed by atoms with van der Waals surface area (Å²) < 4.78 is 0. The molecule has 0 amide bonds. The molecule has 0 bridgehead atoms. The maximum atomic E-state index is 10.0. The second kappa shape index (κ2) is 6.23. The van der Waals surface area contributed by atoms with Gasteiger partial charge in [0.1, 0.15) is 6.29 Å². The Hall–Kier alpha value is -0.890. The molecule has 0 aliphatic heterocycles. The molecule has 1 aliphatic carbocycles. The number of rotatable bonds is 1. The van der Waals surface area contributed by atoms with Crippen molar-refractivity contribution < 1.29 is 9.90 Å². The number of allylic oxidation sites excluding steroid dienone is 4. The summed E-state index contributed by atoms with van der Waals surface area (Å²) in [6.45, 7) is 0. The minimum absolute atomic E-state index is 0.816. The molecule has 0 saturated carbocycles. The minimum atomic E-state index is 0.816. The largest absolute Gasteiger partial charge is 0.400 e. The average molecular weight is 140 g/mol. The first-order valence-corrected chi connectivity index (χ1v) is 3.20. The van der Waals surface area contributed by atoms with Gasteiger partial charge in [0.2, 0.25) is 0 Å². The Balaban J connectivity index is 0.000000371. The lowest BCUT2D eigenvalue weighted by molar-refractivity contribution is -0.104. The Morgan fingerprint density at radius 2 is 2.20 bits per heavy atom. The SMILES string of the molecule is CO.O=CC1=CCCC=C1. The van der Waals surface area contributed by atoms with Gasteiger partial charge in [-0.15, -0.1) is 0 Å². The van der Waals surface area contributed by atoms with Crippen LogP contribution in [0.15, 0.2) is 23.8 Å². The smallest absolute Gasteiger partial charge is 0.149 e. The van der Waals surface area contributed by atoms with E-state index in [-0.39, 0.29) is 0 Å².